The molecular weight excluding hydrogens is 325 g/mol. The fourth-order valence-corrected chi connectivity index (χ4v) is 3.83. The Balaban J connectivity index is 1.69. The van der Waals surface area contributed by atoms with Crippen LogP contribution in [0.3, 0.4) is 0 Å². The molecule has 2 atom stereocenters. The molecule has 1 saturated carbocycles. The van der Waals surface area contributed by atoms with Gasteiger partial charge in [0.05, 0.1) is 0 Å². The molecule has 1 fully saturated rings. The number of aliphatic hydroxyl groups is 1. The van der Waals surface area contributed by atoms with E-state index < -0.39 is 0 Å². The molecule has 4 rings (SSSR count). The van der Waals surface area contributed by atoms with Crippen LogP contribution >= 0.6 is 0 Å². The summed E-state index contributed by atoms with van der Waals surface area (Å²) in [7, 11) is 6.08. The van der Waals surface area contributed by atoms with Gasteiger partial charge < -0.3 is 10.4 Å². The molecule has 0 saturated heterocycles. The van der Waals surface area contributed by atoms with E-state index in [-0.39, 0.29) is 18.4 Å². The number of aliphatic hydroxyl groups excluding tert-OH is 1. The maximum absolute atomic E-state index is 9.78. The predicted molar refractivity (Wildman–Crippen MR) is 102 cm³/mol. The molecule has 1 aliphatic carbocycles. The molecular formula is C19H22BN5O. The third kappa shape index (κ3) is 3.31. The van der Waals surface area contributed by atoms with Gasteiger partial charge in [0.2, 0.25) is 0 Å². The van der Waals surface area contributed by atoms with Gasteiger partial charge in [-0.2, -0.15) is 9.61 Å². The van der Waals surface area contributed by atoms with Crippen LogP contribution in [-0.2, 0) is 6.54 Å². The van der Waals surface area contributed by atoms with Crippen molar-refractivity contribution in [1.29, 1.82) is 0 Å². The van der Waals surface area contributed by atoms with Crippen molar-refractivity contribution in [2.45, 2.75) is 38.1 Å². The van der Waals surface area contributed by atoms with E-state index in [1.54, 1.807) is 16.9 Å². The average molecular weight is 347 g/mol. The molecule has 0 aliphatic heterocycles. The standard InChI is InChI=1S/C19H22BN5O/c20-16-11-23-25-18(22-10-13-4-3-7-21-9-13)8-17(24-19(16)25)15-6-2-1-5-14(15)12-26/h3-4,7-9,11,14-15,22,26H,1-2,5-6,10,12H2/t14-,15-/m1/s1. The molecule has 2 radical (unpaired) electrons. The number of rotatable bonds is 5. The van der Waals surface area contributed by atoms with Crippen molar-refractivity contribution in [3.63, 3.8) is 0 Å². The van der Waals surface area contributed by atoms with E-state index in [9.17, 15) is 5.11 Å². The van der Waals surface area contributed by atoms with Crippen LogP contribution in [0.15, 0.2) is 36.8 Å². The van der Waals surface area contributed by atoms with Crippen molar-refractivity contribution >= 4 is 24.8 Å². The molecule has 0 bridgehead atoms. The second kappa shape index (κ2) is 7.46. The number of pyridine rings is 1. The van der Waals surface area contributed by atoms with E-state index in [1.807, 2.05) is 18.3 Å². The van der Waals surface area contributed by atoms with E-state index in [0.29, 0.717) is 17.7 Å². The fourth-order valence-electron chi connectivity index (χ4n) is 3.83. The summed E-state index contributed by atoms with van der Waals surface area (Å²) < 4.78 is 1.74. The number of hydrogen-bond acceptors (Lipinski definition) is 5. The Labute approximate surface area is 154 Å². The zero-order chi connectivity index (χ0) is 17.9. The minimum atomic E-state index is 0.199. The quantitative estimate of drug-likeness (QED) is 0.689. The highest BCUT2D eigenvalue weighted by atomic mass is 16.3. The molecule has 26 heavy (non-hydrogen) atoms. The lowest BCUT2D eigenvalue weighted by atomic mass is 9.78. The molecule has 0 unspecified atom stereocenters. The summed E-state index contributed by atoms with van der Waals surface area (Å²) in [6.45, 7) is 0.838. The summed E-state index contributed by atoms with van der Waals surface area (Å²) in [6, 6.07) is 6.00. The highest BCUT2D eigenvalue weighted by molar-refractivity contribution is 6.36. The number of fused-ring (bicyclic) bond motifs is 1. The van der Waals surface area contributed by atoms with Gasteiger partial charge in [-0.1, -0.05) is 18.9 Å². The molecule has 2 N–H and O–H groups in total. The first kappa shape index (κ1) is 17.0. The highest BCUT2D eigenvalue weighted by Gasteiger charge is 2.28. The van der Waals surface area contributed by atoms with Gasteiger partial charge in [-0.05, 0) is 35.9 Å². The number of nitrogens with one attached hydrogen (secondary N) is 1. The molecule has 7 heteroatoms. The van der Waals surface area contributed by atoms with E-state index in [1.165, 1.54) is 12.8 Å². The van der Waals surface area contributed by atoms with Crippen LogP contribution < -0.4 is 10.8 Å². The lowest BCUT2D eigenvalue weighted by Crippen LogP contribution is -2.23. The molecule has 6 nitrogen and oxygen atoms in total. The summed E-state index contributed by atoms with van der Waals surface area (Å²) in [4.78, 5) is 8.94. The third-order valence-corrected chi connectivity index (χ3v) is 5.24. The highest BCUT2D eigenvalue weighted by Crippen LogP contribution is 2.37. The van der Waals surface area contributed by atoms with Crippen LogP contribution in [0, 0.1) is 5.92 Å². The van der Waals surface area contributed by atoms with Crippen molar-refractivity contribution in [1.82, 2.24) is 19.6 Å². The molecule has 3 aromatic heterocycles. The van der Waals surface area contributed by atoms with Gasteiger partial charge in [-0.3, -0.25) is 4.98 Å². The number of anilines is 1. The Bertz CT molecular complexity index is 882. The first-order valence-corrected chi connectivity index (χ1v) is 9.14. The van der Waals surface area contributed by atoms with Gasteiger partial charge in [0, 0.05) is 49.4 Å². The Morgan fingerprint density at radius 2 is 2.15 bits per heavy atom. The Kier molecular flexibility index (Phi) is 4.88. The van der Waals surface area contributed by atoms with Crippen LogP contribution in [0.4, 0.5) is 5.82 Å². The van der Waals surface area contributed by atoms with Crippen LogP contribution in [-0.4, -0.2) is 39.1 Å². The minimum absolute atomic E-state index is 0.199. The van der Waals surface area contributed by atoms with Gasteiger partial charge in [0.15, 0.2) is 0 Å². The SMILES string of the molecule is [B]c1cnn2c(NCc3cccnc3)cc([C@@H]3CCCC[C@@H]3CO)nc12. The van der Waals surface area contributed by atoms with E-state index >= 15 is 0 Å². The molecule has 1 aliphatic rings. The maximum Gasteiger partial charge on any atom is 0.150 e. The number of hydrogen-bond donors (Lipinski definition) is 2. The topological polar surface area (TPSA) is 75.3 Å². The van der Waals surface area contributed by atoms with Crippen molar-refractivity contribution in [2.75, 3.05) is 11.9 Å². The van der Waals surface area contributed by atoms with E-state index in [4.69, 9.17) is 12.8 Å². The number of nitrogens with zero attached hydrogens (tertiary/aromatic N) is 4. The fraction of sp³-hybridized carbons (Fsp3) is 0.421. The molecule has 3 aromatic rings. The predicted octanol–water partition coefficient (Wildman–Crippen LogP) is 1.80. The zero-order valence-corrected chi connectivity index (χ0v) is 14.7. The van der Waals surface area contributed by atoms with Gasteiger partial charge in [-0.15, -0.1) is 0 Å². The first-order chi connectivity index (χ1) is 12.8. The summed E-state index contributed by atoms with van der Waals surface area (Å²) in [5.41, 5.74) is 3.30. The van der Waals surface area contributed by atoms with Gasteiger partial charge >= 0.3 is 0 Å². The van der Waals surface area contributed by atoms with Crippen molar-refractivity contribution < 1.29 is 5.11 Å². The molecule has 132 valence electrons. The molecule has 0 spiro atoms. The largest absolute Gasteiger partial charge is 0.396 e. The molecule has 0 amide bonds. The van der Waals surface area contributed by atoms with E-state index in [0.717, 1.165) is 29.9 Å². The van der Waals surface area contributed by atoms with Crippen molar-refractivity contribution in [2.24, 2.45) is 5.92 Å². The Morgan fingerprint density at radius 3 is 2.96 bits per heavy atom. The van der Waals surface area contributed by atoms with Crippen LogP contribution in [0.2, 0.25) is 0 Å². The van der Waals surface area contributed by atoms with Crippen LogP contribution in [0.5, 0.6) is 0 Å². The molecule has 0 aromatic carbocycles. The first-order valence-electron chi connectivity index (χ1n) is 9.14. The van der Waals surface area contributed by atoms with Gasteiger partial charge in [-0.25, -0.2) is 4.98 Å². The zero-order valence-electron chi connectivity index (χ0n) is 14.7. The lowest BCUT2D eigenvalue weighted by Gasteiger charge is -2.30. The number of aromatic nitrogens is 4. The molecule has 3 heterocycles. The van der Waals surface area contributed by atoms with Crippen LogP contribution in [0.25, 0.3) is 5.65 Å². The Morgan fingerprint density at radius 1 is 1.27 bits per heavy atom. The smallest absolute Gasteiger partial charge is 0.150 e. The summed E-state index contributed by atoms with van der Waals surface area (Å²) in [6.07, 6.45) is 9.66. The van der Waals surface area contributed by atoms with Crippen LogP contribution in [0.1, 0.15) is 42.9 Å². The second-order valence-corrected chi connectivity index (χ2v) is 6.95. The van der Waals surface area contributed by atoms with Crippen molar-refractivity contribution in [3.8, 4) is 0 Å². The normalized spacial score (nSPS) is 20.3. The van der Waals surface area contributed by atoms with Crippen molar-refractivity contribution in [3.05, 3.63) is 48.0 Å². The average Bonchev–Trinajstić information content (AvgIpc) is 3.08. The second-order valence-electron chi connectivity index (χ2n) is 6.95. The van der Waals surface area contributed by atoms with Gasteiger partial charge in [0.25, 0.3) is 0 Å². The monoisotopic (exact) mass is 347 g/mol. The van der Waals surface area contributed by atoms with E-state index in [2.05, 4.69) is 21.5 Å². The van der Waals surface area contributed by atoms with Gasteiger partial charge in [0.1, 0.15) is 19.3 Å². The minimum Gasteiger partial charge on any atom is -0.396 e. The summed E-state index contributed by atoms with van der Waals surface area (Å²) >= 11 is 0. The maximum atomic E-state index is 9.78. The summed E-state index contributed by atoms with van der Waals surface area (Å²) in [5.74, 6) is 1.37. The third-order valence-electron chi connectivity index (χ3n) is 5.24. The summed E-state index contributed by atoms with van der Waals surface area (Å²) in [5, 5.41) is 17.6. The lowest BCUT2D eigenvalue weighted by molar-refractivity contribution is 0.168. The Hall–Kier alpha value is -2.41.